The van der Waals surface area contributed by atoms with Crippen LogP contribution in [-0.4, -0.2) is 75.5 Å². The lowest BCUT2D eigenvalue weighted by Gasteiger charge is -2.27. The van der Waals surface area contributed by atoms with E-state index in [1.807, 2.05) is 27.7 Å². The molecule has 0 spiro atoms. The highest BCUT2D eigenvalue weighted by molar-refractivity contribution is 5.68. The third kappa shape index (κ3) is 5.39. The fourth-order valence-electron chi connectivity index (χ4n) is 2.57. The van der Waals surface area contributed by atoms with Crippen molar-refractivity contribution in [1.82, 2.24) is 10.2 Å². The number of likely N-dealkylation sites (tertiary alicyclic amines) is 1. The van der Waals surface area contributed by atoms with Gasteiger partial charge in [0.05, 0.1) is 24.7 Å². The van der Waals surface area contributed by atoms with E-state index in [2.05, 4.69) is 5.32 Å². The molecular formula is C15H30N2O5. The molecule has 1 aliphatic heterocycles. The molecular weight excluding hydrogens is 288 g/mol. The molecule has 7 nitrogen and oxygen atoms in total. The van der Waals surface area contributed by atoms with Crippen LogP contribution in [0.25, 0.3) is 0 Å². The van der Waals surface area contributed by atoms with Crippen molar-refractivity contribution < 1.29 is 23.7 Å². The van der Waals surface area contributed by atoms with E-state index in [-0.39, 0.29) is 30.6 Å². The summed E-state index contributed by atoms with van der Waals surface area (Å²) in [5.74, 6) is 0. The first kappa shape index (κ1) is 19.2. The van der Waals surface area contributed by atoms with Gasteiger partial charge in [0.1, 0.15) is 5.60 Å². The Hall–Kier alpha value is -0.890. The number of carbonyl (C=O) groups excluding carboxylic acids is 1. The van der Waals surface area contributed by atoms with E-state index >= 15 is 0 Å². The zero-order chi connectivity index (χ0) is 16.9. The minimum Gasteiger partial charge on any atom is -0.444 e. The lowest BCUT2D eigenvalue weighted by molar-refractivity contribution is -0.122. The highest BCUT2D eigenvalue weighted by Gasteiger charge is 2.38. The quantitative estimate of drug-likeness (QED) is 0.743. The third-order valence-corrected chi connectivity index (χ3v) is 3.57. The van der Waals surface area contributed by atoms with Gasteiger partial charge in [-0.3, -0.25) is 0 Å². The molecule has 0 bridgehead atoms. The summed E-state index contributed by atoms with van der Waals surface area (Å²) < 4.78 is 21.4. The number of methoxy groups -OCH3 is 3. The van der Waals surface area contributed by atoms with Crippen molar-refractivity contribution >= 4 is 6.09 Å². The first-order chi connectivity index (χ1) is 10.2. The molecule has 0 saturated carbocycles. The lowest BCUT2D eigenvalue weighted by Crippen LogP contribution is -2.50. The van der Waals surface area contributed by atoms with Crippen LogP contribution in [0.5, 0.6) is 0 Å². The van der Waals surface area contributed by atoms with Crippen LogP contribution < -0.4 is 5.32 Å². The van der Waals surface area contributed by atoms with Crippen molar-refractivity contribution in [1.29, 1.82) is 0 Å². The number of carbonyl (C=O) groups is 1. The van der Waals surface area contributed by atoms with Crippen molar-refractivity contribution in [3.63, 3.8) is 0 Å². The molecule has 7 heteroatoms. The van der Waals surface area contributed by atoms with Crippen LogP contribution >= 0.6 is 0 Å². The minimum absolute atomic E-state index is 0.000295. The second kappa shape index (κ2) is 8.10. The Morgan fingerprint density at radius 2 is 1.77 bits per heavy atom. The molecule has 0 aromatic rings. The van der Waals surface area contributed by atoms with Crippen molar-refractivity contribution in [2.45, 2.75) is 57.8 Å². The van der Waals surface area contributed by atoms with Gasteiger partial charge >= 0.3 is 6.09 Å². The van der Waals surface area contributed by atoms with Crippen LogP contribution in [0.4, 0.5) is 4.79 Å². The van der Waals surface area contributed by atoms with Crippen molar-refractivity contribution in [3.05, 3.63) is 0 Å². The molecule has 3 atom stereocenters. The maximum atomic E-state index is 12.2. The van der Waals surface area contributed by atoms with Gasteiger partial charge in [0.15, 0.2) is 6.29 Å². The molecule has 1 rings (SSSR count). The molecule has 1 N–H and O–H groups in total. The van der Waals surface area contributed by atoms with Crippen LogP contribution in [0.2, 0.25) is 0 Å². The highest BCUT2D eigenvalue weighted by atomic mass is 16.7. The SMILES string of the molecule is COC(OC)C(C)NC1CN(C(=O)OC(C)(C)C)C[C@@H]1OC. The van der Waals surface area contributed by atoms with Crippen molar-refractivity contribution in [2.24, 2.45) is 0 Å². The molecule has 22 heavy (non-hydrogen) atoms. The van der Waals surface area contributed by atoms with Crippen LogP contribution in [0.15, 0.2) is 0 Å². The van der Waals surface area contributed by atoms with Gasteiger partial charge < -0.3 is 29.2 Å². The van der Waals surface area contributed by atoms with Gasteiger partial charge in [-0.25, -0.2) is 4.79 Å². The van der Waals surface area contributed by atoms with Gasteiger partial charge in [-0.05, 0) is 27.7 Å². The Balaban J connectivity index is 2.63. The maximum absolute atomic E-state index is 12.2. The van der Waals surface area contributed by atoms with Crippen LogP contribution in [0, 0.1) is 0 Å². The van der Waals surface area contributed by atoms with Gasteiger partial charge in [0.25, 0.3) is 0 Å². The fourth-order valence-corrected chi connectivity index (χ4v) is 2.57. The first-order valence-corrected chi connectivity index (χ1v) is 7.54. The Bertz CT molecular complexity index is 354. The zero-order valence-corrected chi connectivity index (χ0v) is 14.7. The van der Waals surface area contributed by atoms with Gasteiger partial charge in [0, 0.05) is 27.9 Å². The Kier molecular flexibility index (Phi) is 7.05. The molecule has 1 saturated heterocycles. The number of nitrogens with one attached hydrogen (secondary N) is 1. The summed E-state index contributed by atoms with van der Waals surface area (Å²) in [6.07, 6.45) is -0.765. The van der Waals surface area contributed by atoms with E-state index in [1.54, 1.807) is 26.2 Å². The normalized spacial score (nSPS) is 23.9. The second-order valence-electron chi connectivity index (χ2n) is 6.56. The Labute approximate surface area is 133 Å². The number of hydrogen-bond donors (Lipinski definition) is 1. The summed E-state index contributed by atoms with van der Waals surface area (Å²) in [7, 11) is 4.84. The van der Waals surface area contributed by atoms with E-state index < -0.39 is 5.60 Å². The van der Waals surface area contributed by atoms with Crippen LogP contribution in [-0.2, 0) is 18.9 Å². The van der Waals surface area contributed by atoms with Crippen molar-refractivity contribution in [2.75, 3.05) is 34.4 Å². The molecule has 130 valence electrons. The molecule has 0 aliphatic carbocycles. The van der Waals surface area contributed by atoms with E-state index in [9.17, 15) is 4.79 Å². The lowest BCUT2D eigenvalue weighted by atomic mass is 10.2. The predicted molar refractivity (Wildman–Crippen MR) is 82.8 cm³/mol. The molecule has 1 aliphatic rings. The Morgan fingerprint density at radius 3 is 2.23 bits per heavy atom. The van der Waals surface area contributed by atoms with Crippen molar-refractivity contribution in [3.8, 4) is 0 Å². The average Bonchev–Trinajstić information content (AvgIpc) is 2.81. The highest BCUT2D eigenvalue weighted by Crippen LogP contribution is 2.18. The fraction of sp³-hybridized carbons (Fsp3) is 0.933. The van der Waals surface area contributed by atoms with Gasteiger partial charge in [-0.1, -0.05) is 0 Å². The summed E-state index contributed by atoms with van der Waals surface area (Å²) in [4.78, 5) is 13.8. The standard InChI is InChI=1S/C15H30N2O5/c1-10(13(20-6)21-7)16-11-8-17(9-12(11)19-5)14(18)22-15(2,3)4/h10-13,16H,8-9H2,1-7H3/t10?,11?,12-/m0/s1. The van der Waals surface area contributed by atoms with E-state index in [0.29, 0.717) is 13.1 Å². The number of hydrogen-bond acceptors (Lipinski definition) is 6. The molecule has 0 aromatic carbocycles. The molecule has 2 unspecified atom stereocenters. The van der Waals surface area contributed by atoms with Gasteiger partial charge in [-0.15, -0.1) is 0 Å². The summed E-state index contributed by atoms with van der Waals surface area (Å²) >= 11 is 0. The van der Waals surface area contributed by atoms with E-state index in [1.165, 1.54) is 0 Å². The third-order valence-electron chi connectivity index (χ3n) is 3.57. The second-order valence-corrected chi connectivity index (χ2v) is 6.56. The number of amides is 1. The molecule has 1 fully saturated rings. The smallest absolute Gasteiger partial charge is 0.410 e. The zero-order valence-electron chi connectivity index (χ0n) is 14.7. The van der Waals surface area contributed by atoms with E-state index in [4.69, 9.17) is 18.9 Å². The molecule has 0 radical (unpaired) electrons. The van der Waals surface area contributed by atoms with E-state index in [0.717, 1.165) is 0 Å². The largest absolute Gasteiger partial charge is 0.444 e. The van der Waals surface area contributed by atoms with Crippen LogP contribution in [0.3, 0.4) is 0 Å². The average molecular weight is 318 g/mol. The number of ether oxygens (including phenoxy) is 4. The summed E-state index contributed by atoms with van der Waals surface area (Å²) in [6.45, 7) is 8.57. The molecule has 0 aromatic heterocycles. The summed E-state index contributed by atoms with van der Waals surface area (Å²) in [5.41, 5.74) is -0.504. The summed E-state index contributed by atoms with van der Waals surface area (Å²) in [6, 6.07) is -0.0310. The minimum atomic E-state index is -0.504. The topological polar surface area (TPSA) is 69.3 Å². The monoisotopic (exact) mass is 318 g/mol. The number of rotatable bonds is 6. The van der Waals surface area contributed by atoms with Crippen LogP contribution in [0.1, 0.15) is 27.7 Å². The first-order valence-electron chi connectivity index (χ1n) is 7.54. The molecule has 1 amide bonds. The predicted octanol–water partition coefficient (Wildman–Crippen LogP) is 1.22. The maximum Gasteiger partial charge on any atom is 0.410 e. The number of nitrogens with zero attached hydrogens (tertiary/aromatic N) is 1. The summed E-state index contributed by atoms with van der Waals surface area (Å²) in [5, 5.41) is 3.41. The van der Waals surface area contributed by atoms with Gasteiger partial charge in [-0.2, -0.15) is 0 Å². The Morgan fingerprint density at radius 1 is 1.18 bits per heavy atom. The van der Waals surface area contributed by atoms with Gasteiger partial charge in [0.2, 0.25) is 0 Å². The molecule has 1 heterocycles.